The van der Waals surface area contributed by atoms with Gasteiger partial charge in [0.05, 0.1) is 11.6 Å². The van der Waals surface area contributed by atoms with Crippen LogP contribution < -0.4 is 5.32 Å². The summed E-state index contributed by atoms with van der Waals surface area (Å²) in [5, 5.41) is 15.0. The van der Waals surface area contributed by atoms with Gasteiger partial charge in [0.25, 0.3) is 0 Å². The molecular weight excluding hydrogens is 341 g/mol. The highest BCUT2D eigenvalue weighted by Gasteiger charge is 2.14. The highest BCUT2D eigenvalue weighted by molar-refractivity contribution is 7.15. The maximum absolute atomic E-state index is 10.0. The van der Waals surface area contributed by atoms with Gasteiger partial charge in [-0.15, -0.1) is 9.24 Å². The lowest BCUT2D eigenvalue weighted by atomic mass is 10.0. The number of nitrogens with one attached hydrogen (secondary N) is 1. The average molecular weight is 360 g/mol. The van der Waals surface area contributed by atoms with E-state index in [2.05, 4.69) is 31.4 Å². The second-order valence-electron chi connectivity index (χ2n) is 5.59. The molecule has 124 valence electrons. The Morgan fingerprint density at radius 2 is 2.08 bits per heavy atom. The molecule has 2 N–H and O–H groups in total. The summed E-state index contributed by atoms with van der Waals surface area (Å²) < 4.78 is 0. The monoisotopic (exact) mass is 359 g/mol. The van der Waals surface area contributed by atoms with E-state index in [-0.39, 0.29) is 11.8 Å². The van der Waals surface area contributed by atoms with Crippen molar-refractivity contribution in [2.24, 2.45) is 0 Å². The Morgan fingerprint density at radius 1 is 1.25 bits per heavy atom. The van der Waals surface area contributed by atoms with Gasteiger partial charge in [-0.2, -0.15) is 0 Å². The molecule has 0 aliphatic carbocycles. The van der Waals surface area contributed by atoms with Crippen LogP contribution in [0.4, 0.5) is 5.82 Å². The summed E-state index contributed by atoms with van der Waals surface area (Å²) in [4.78, 5) is 8.76. The molecule has 2 unspecified atom stereocenters. The first-order chi connectivity index (χ1) is 11.6. The predicted octanol–water partition coefficient (Wildman–Crippen LogP) is 4.93. The third-order valence-electron chi connectivity index (χ3n) is 3.99. The first-order valence-electron chi connectivity index (χ1n) is 7.81. The molecular formula is C18H19ClN3OP. The number of hydrogen-bond acceptors (Lipinski definition) is 4. The van der Waals surface area contributed by atoms with Gasteiger partial charge in [-0.05, 0) is 48.0 Å². The molecule has 1 heterocycles. The second kappa shape index (κ2) is 7.33. The van der Waals surface area contributed by atoms with Crippen molar-refractivity contribution in [3.8, 4) is 5.75 Å². The smallest absolute Gasteiger partial charge is 0.137 e. The standard InChI is InChI=1S/C18H19ClN3OP/c1-2-16(11-4-3-5-13(19)6-11)22-18-15-8-14(23)7-12(9-24)17(15)20-10-21-18/h3-8,10,16,23H,2,9,24H2,1H3,(H,20,21,22). The molecule has 0 spiro atoms. The van der Waals surface area contributed by atoms with E-state index in [0.717, 1.165) is 28.5 Å². The van der Waals surface area contributed by atoms with Gasteiger partial charge in [0, 0.05) is 10.4 Å². The minimum Gasteiger partial charge on any atom is -0.508 e. The maximum atomic E-state index is 10.0. The quantitative estimate of drug-likeness (QED) is 0.634. The molecule has 0 aliphatic rings. The molecule has 1 aromatic heterocycles. The van der Waals surface area contributed by atoms with Gasteiger partial charge in [-0.1, -0.05) is 30.7 Å². The van der Waals surface area contributed by atoms with Crippen molar-refractivity contribution in [3.63, 3.8) is 0 Å². The number of aromatic nitrogens is 2. The fourth-order valence-corrected chi connectivity index (χ4v) is 3.31. The van der Waals surface area contributed by atoms with Crippen LogP contribution in [0.25, 0.3) is 10.9 Å². The van der Waals surface area contributed by atoms with Crippen LogP contribution in [0.15, 0.2) is 42.7 Å². The Bertz CT molecular complexity index is 872. The molecule has 0 bridgehead atoms. The first-order valence-corrected chi connectivity index (χ1v) is 9.00. The van der Waals surface area contributed by atoms with Crippen LogP contribution in [0.2, 0.25) is 5.02 Å². The van der Waals surface area contributed by atoms with Gasteiger partial charge in [0.1, 0.15) is 17.9 Å². The minimum atomic E-state index is 0.0728. The largest absolute Gasteiger partial charge is 0.508 e. The molecule has 3 rings (SSSR count). The van der Waals surface area contributed by atoms with Crippen LogP contribution in [-0.2, 0) is 6.16 Å². The highest BCUT2D eigenvalue weighted by atomic mass is 35.5. The summed E-state index contributed by atoms with van der Waals surface area (Å²) in [7, 11) is 2.67. The number of aromatic hydroxyl groups is 1. The molecule has 0 saturated heterocycles. The first kappa shape index (κ1) is 16.9. The molecule has 0 fully saturated rings. The molecule has 2 aromatic carbocycles. The average Bonchev–Trinajstić information content (AvgIpc) is 2.59. The lowest BCUT2D eigenvalue weighted by molar-refractivity contribution is 0.475. The minimum absolute atomic E-state index is 0.0728. The van der Waals surface area contributed by atoms with Crippen molar-refractivity contribution < 1.29 is 5.11 Å². The summed E-state index contributed by atoms with van der Waals surface area (Å²) in [6, 6.07) is 11.3. The molecule has 24 heavy (non-hydrogen) atoms. The van der Waals surface area contributed by atoms with E-state index in [9.17, 15) is 5.11 Å². The fourth-order valence-electron chi connectivity index (χ4n) is 2.80. The third-order valence-corrected chi connectivity index (χ3v) is 4.67. The molecule has 0 saturated carbocycles. The van der Waals surface area contributed by atoms with Crippen LogP contribution in [0.3, 0.4) is 0 Å². The van der Waals surface area contributed by atoms with Crippen molar-refractivity contribution in [1.82, 2.24) is 9.97 Å². The van der Waals surface area contributed by atoms with Crippen molar-refractivity contribution in [1.29, 1.82) is 0 Å². The summed E-state index contributed by atoms with van der Waals surface area (Å²) in [5.74, 6) is 0.927. The second-order valence-corrected chi connectivity index (χ2v) is 6.43. The molecule has 6 heteroatoms. The number of phenols is 1. The summed E-state index contributed by atoms with van der Waals surface area (Å²) in [6.45, 7) is 2.10. The van der Waals surface area contributed by atoms with Gasteiger partial charge in [0.2, 0.25) is 0 Å². The van der Waals surface area contributed by atoms with E-state index in [1.54, 1.807) is 18.5 Å². The number of hydrogen-bond donors (Lipinski definition) is 2. The Hall–Kier alpha value is -1.90. The molecule has 0 radical (unpaired) electrons. The van der Waals surface area contributed by atoms with Crippen LogP contribution in [0, 0.1) is 0 Å². The molecule has 0 amide bonds. The fraction of sp³-hybridized carbons (Fsp3) is 0.222. The molecule has 2 atom stereocenters. The Labute approximate surface area is 148 Å². The van der Waals surface area contributed by atoms with Gasteiger partial charge in [-0.25, -0.2) is 9.97 Å². The van der Waals surface area contributed by atoms with Crippen molar-refractivity contribution in [3.05, 3.63) is 58.9 Å². The normalized spacial score (nSPS) is 12.3. The summed E-state index contributed by atoms with van der Waals surface area (Å²) >= 11 is 6.12. The van der Waals surface area contributed by atoms with E-state index in [1.807, 2.05) is 24.3 Å². The number of halogens is 1. The van der Waals surface area contributed by atoms with Crippen LogP contribution in [0.5, 0.6) is 5.75 Å². The van der Waals surface area contributed by atoms with E-state index < -0.39 is 0 Å². The van der Waals surface area contributed by atoms with Gasteiger partial charge >= 0.3 is 0 Å². The summed E-state index contributed by atoms with van der Waals surface area (Å²) in [6.07, 6.45) is 3.14. The summed E-state index contributed by atoms with van der Waals surface area (Å²) in [5.41, 5.74) is 2.92. The van der Waals surface area contributed by atoms with E-state index in [0.29, 0.717) is 17.0 Å². The topological polar surface area (TPSA) is 58.0 Å². The zero-order chi connectivity index (χ0) is 17.1. The lowest BCUT2D eigenvalue weighted by Gasteiger charge is -2.19. The number of rotatable bonds is 5. The third kappa shape index (κ3) is 3.45. The van der Waals surface area contributed by atoms with Gasteiger partial charge in [-0.3, -0.25) is 0 Å². The Kier molecular flexibility index (Phi) is 5.17. The number of anilines is 1. The highest BCUT2D eigenvalue weighted by Crippen LogP contribution is 2.31. The number of nitrogens with zero attached hydrogens (tertiary/aromatic N) is 2. The Morgan fingerprint density at radius 3 is 2.79 bits per heavy atom. The molecule has 0 aliphatic heterocycles. The Balaban J connectivity index is 2.04. The van der Waals surface area contributed by atoms with Crippen molar-refractivity contribution >= 4 is 37.6 Å². The van der Waals surface area contributed by atoms with E-state index >= 15 is 0 Å². The number of phenolic OH excluding ortho intramolecular Hbond substituents is 1. The number of benzene rings is 2. The maximum Gasteiger partial charge on any atom is 0.137 e. The van der Waals surface area contributed by atoms with Crippen LogP contribution in [0.1, 0.15) is 30.5 Å². The van der Waals surface area contributed by atoms with E-state index in [1.165, 1.54) is 0 Å². The molecule has 4 nitrogen and oxygen atoms in total. The SMILES string of the molecule is CCC(Nc1ncnc2c(CP)cc(O)cc12)c1cccc(Cl)c1. The zero-order valence-corrected chi connectivity index (χ0v) is 15.2. The van der Waals surface area contributed by atoms with Gasteiger partial charge in [0.15, 0.2) is 0 Å². The predicted molar refractivity (Wildman–Crippen MR) is 103 cm³/mol. The number of fused-ring (bicyclic) bond motifs is 1. The van der Waals surface area contributed by atoms with Crippen molar-refractivity contribution in [2.45, 2.75) is 25.5 Å². The van der Waals surface area contributed by atoms with Gasteiger partial charge < -0.3 is 10.4 Å². The van der Waals surface area contributed by atoms with Crippen LogP contribution in [-0.4, -0.2) is 15.1 Å². The zero-order valence-electron chi connectivity index (χ0n) is 13.3. The lowest BCUT2D eigenvalue weighted by Crippen LogP contribution is -2.11. The van der Waals surface area contributed by atoms with E-state index in [4.69, 9.17) is 11.6 Å². The molecule has 3 aromatic rings. The van der Waals surface area contributed by atoms with Crippen molar-refractivity contribution in [2.75, 3.05) is 5.32 Å². The van der Waals surface area contributed by atoms with Crippen LogP contribution >= 0.6 is 20.8 Å².